The van der Waals surface area contributed by atoms with Crippen molar-refractivity contribution < 1.29 is 4.79 Å². The van der Waals surface area contributed by atoms with E-state index >= 15 is 0 Å². The lowest BCUT2D eigenvalue weighted by molar-refractivity contribution is 0.0958. The summed E-state index contributed by atoms with van der Waals surface area (Å²) in [6.07, 6.45) is 12.5. The summed E-state index contributed by atoms with van der Waals surface area (Å²) in [5, 5.41) is 10.5. The molecule has 0 aliphatic heterocycles. The highest BCUT2D eigenvalue weighted by molar-refractivity contribution is 5.96. The van der Waals surface area contributed by atoms with Gasteiger partial charge in [-0.25, -0.2) is 4.98 Å². The zero-order valence-corrected chi connectivity index (χ0v) is 13.8. The zero-order chi connectivity index (χ0) is 17.9. The van der Waals surface area contributed by atoms with Crippen molar-refractivity contribution in [3.8, 4) is 34.6 Å². The second-order valence-corrected chi connectivity index (χ2v) is 5.77. The summed E-state index contributed by atoms with van der Waals surface area (Å²) in [5.74, 6) is 2.20. The number of carbonyl (C=O) groups excluding carboxylic acids is 1. The standard InChI is InChI=1S/C20H15N5O/c1-2-7-21-20(26)14-5-3-13(4-6-14)15-8-17-18(16-10-24-25-11-16)12-23-19(17)22-9-15/h1,3-6,8-12H,7H2,(H,21,26)(H,22,23)(H,24,25). The maximum Gasteiger partial charge on any atom is 0.252 e. The van der Waals surface area contributed by atoms with E-state index in [1.165, 1.54) is 0 Å². The lowest BCUT2D eigenvalue weighted by Crippen LogP contribution is -2.23. The number of aromatic amines is 2. The van der Waals surface area contributed by atoms with E-state index in [4.69, 9.17) is 6.42 Å². The van der Waals surface area contributed by atoms with Gasteiger partial charge in [0.15, 0.2) is 0 Å². The van der Waals surface area contributed by atoms with E-state index in [1.807, 2.05) is 30.7 Å². The molecule has 3 heterocycles. The second-order valence-electron chi connectivity index (χ2n) is 5.77. The fourth-order valence-corrected chi connectivity index (χ4v) is 2.85. The van der Waals surface area contributed by atoms with Crippen LogP contribution in [-0.2, 0) is 0 Å². The number of aromatic nitrogens is 4. The molecular formula is C20H15N5O. The largest absolute Gasteiger partial charge is 0.346 e. The van der Waals surface area contributed by atoms with E-state index in [0.29, 0.717) is 5.56 Å². The Labute approximate surface area is 149 Å². The number of carbonyl (C=O) groups is 1. The van der Waals surface area contributed by atoms with Gasteiger partial charge in [-0.05, 0) is 23.8 Å². The first-order valence-corrected chi connectivity index (χ1v) is 8.04. The topological polar surface area (TPSA) is 86.5 Å². The van der Waals surface area contributed by atoms with E-state index in [1.54, 1.807) is 18.3 Å². The predicted molar refractivity (Wildman–Crippen MR) is 100 cm³/mol. The Kier molecular flexibility index (Phi) is 3.96. The molecule has 126 valence electrons. The van der Waals surface area contributed by atoms with E-state index in [2.05, 4.69) is 37.5 Å². The highest BCUT2D eigenvalue weighted by atomic mass is 16.1. The Morgan fingerprint density at radius 3 is 2.69 bits per heavy atom. The average molecular weight is 341 g/mol. The minimum absolute atomic E-state index is 0.184. The third kappa shape index (κ3) is 2.82. The number of hydrogen-bond acceptors (Lipinski definition) is 3. The van der Waals surface area contributed by atoms with Crippen molar-refractivity contribution >= 4 is 16.9 Å². The molecule has 3 N–H and O–H groups in total. The van der Waals surface area contributed by atoms with Gasteiger partial charge < -0.3 is 10.3 Å². The summed E-state index contributed by atoms with van der Waals surface area (Å²) in [5.41, 5.74) is 5.36. The maximum atomic E-state index is 11.9. The molecule has 1 amide bonds. The van der Waals surface area contributed by atoms with Gasteiger partial charge >= 0.3 is 0 Å². The molecule has 0 saturated carbocycles. The summed E-state index contributed by atoms with van der Waals surface area (Å²) >= 11 is 0. The fourth-order valence-electron chi connectivity index (χ4n) is 2.85. The second kappa shape index (κ2) is 6.57. The third-order valence-corrected chi connectivity index (χ3v) is 4.17. The minimum Gasteiger partial charge on any atom is -0.346 e. The molecule has 6 nitrogen and oxygen atoms in total. The summed E-state index contributed by atoms with van der Waals surface area (Å²) in [6.45, 7) is 0.214. The number of H-pyrrole nitrogens is 2. The Balaban J connectivity index is 1.67. The lowest BCUT2D eigenvalue weighted by Gasteiger charge is -2.05. The maximum absolute atomic E-state index is 11.9. The van der Waals surface area contributed by atoms with Crippen molar-refractivity contribution in [2.75, 3.05) is 6.54 Å². The fraction of sp³-hybridized carbons (Fsp3) is 0.0500. The molecule has 1 aromatic carbocycles. The van der Waals surface area contributed by atoms with Crippen LogP contribution in [0.3, 0.4) is 0 Å². The monoisotopic (exact) mass is 341 g/mol. The number of fused-ring (bicyclic) bond motifs is 1. The molecule has 0 atom stereocenters. The summed E-state index contributed by atoms with van der Waals surface area (Å²) in [7, 11) is 0. The normalized spacial score (nSPS) is 10.6. The van der Waals surface area contributed by atoms with Crippen LogP contribution in [-0.4, -0.2) is 32.6 Å². The molecule has 0 bridgehead atoms. The Hall–Kier alpha value is -3.85. The van der Waals surface area contributed by atoms with Crippen LogP contribution in [0.5, 0.6) is 0 Å². The van der Waals surface area contributed by atoms with Crippen LogP contribution >= 0.6 is 0 Å². The number of terminal acetylenes is 1. The molecule has 4 aromatic rings. The molecule has 0 unspecified atom stereocenters. The molecule has 3 aromatic heterocycles. The Morgan fingerprint density at radius 2 is 1.96 bits per heavy atom. The van der Waals surface area contributed by atoms with Crippen molar-refractivity contribution in [3.63, 3.8) is 0 Å². The molecular weight excluding hydrogens is 326 g/mol. The van der Waals surface area contributed by atoms with Crippen molar-refractivity contribution in [1.29, 1.82) is 0 Å². The lowest BCUT2D eigenvalue weighted by atomic mass is 10.0. The summed E-state index contributed by atoms with van der Waals surface area (Å²) in [4.78, 5) is 19.6. The molecule has 0 radical (unpaired) electrons. The van der Waals surface area contributed by atoms with Crippen LogP contribution < -0.4 is 5.32 Å². The van der Waals surface area contributed by atoms with Gasteiger partial charge in [-0.15, -0.1) is 6.42 Å². The molecule has 0 saturated heterocycles. The van der Waals surface area contributed by atoms with Crippen LogP contribution in [0, 0.1) is 12.3 Å². The summed E-state index contributed by atoms with van der Waals surface area (Å²) in [6, 6.07) is 9.43. The first kappa shape index (κ1) is 15.7. The smallest absolute Gasteiger partial charge is 0.252 e. The van der Waals surface area contributed by atoms with Crippen molar-refractivity contribution in [2.45, 2.75) is 0 Å². The van der Waals surface area contributed by atoms with E-state index in [-0.39, 0.29) is 12.5 Å². The SMILES string of the molecule is C#CCNC(=O)c1ccc(-c2cnc3[nH]cc(-c4cn[nH]c4)c3c2)cc1. The highest BCUT2D eigenvalue weighted by Crippen LogP contribution is 2.30. The van der Waals surface area contributed by atoms with Gasteiger partial charge in [0.1, 0.15) is 5.65 Å². The molecule has 6 heteroatoms. The summed E-state index contributed by atoms with van der Waals surface area (Å²) < 4.78 is 0. The molecule has 0 aliphatic rings. The van der Waals surface area contributed by atoms with E-state index in [9.17, 15) is 4.79 Å². The van der Waals surface area contributed by atoms with Gasteiger partial charge in [0, 0.05) is 46.2 Å². The van der Waals surface area contributed by atoms with Crippen molar-refractivity contribution in [3.05, 3.63) is 60.7 Å². The third-order valence-electron chi connectivity index (χ3n) is 4.17. The number of pyridine rings is 1. The first-order chi connectivity index (χ1) is 12.8. The highest BCUT2D eigenvalue weighted by Gasteiger charge is 2.10. The van der Waals surface area contributed by atoms with Gasteiger partial charge in [-0.3, -0.25) is 9.89 Å². The molecule has 0 spiro atoms. The van der Waals surface area contributed by atoms with Gasteiger partial charge in [-0.1, -0.05) is 18.1 Å². The molecule has 0 aliphatic carbocycles. The Morgan fingerprint density at radius 1 is 1.12 bits per heavy atom. The van der Waals surface area contributed by atoms with Crippen molar-refractivity contribution in [2.24, 2.45) is 0 Å². The number of nitrogens with zero attached hydrogens (tertiary/aromatic N) is 2. The average Bonchev–Trinajstić information content (AvgIpc) is 3.35. The quantitative estimate of drug-likeness (QED) is 0.499. The number of benzene rings is 1. The van der Waals surface area contributed by atoms with Crippen LogP contribution in [0.2, 0.25) is 0 Å². The van der Waals surface area contributed by atoms with Crippen LogP contribution in [0.1, 0.15) is 10.4 Å². The Bertz CT molecular complexity index is 1100. The minimum atomic E-state index is -0.184. The predicted octanol–water partition coefficient (Wildman–Crippen LogP) is 2.98. The number of rotatable bonds is 4. The number of hydrogen-bond donors (Lipinski definition) is 3. The van der Waals surface area contributed by atoms with Gasteiger partial charge in [0.2, 0.25) is 0 Å². The van der Waals surface area contributed by atoms with Gasteiger partial charge in [0.05, 0.1) is 12.7 Å². The number of nitrogens with one attached hydrogen (secondary N) is 3. The van der Waals surface area contributed by atoms with E-state index in [0.717, 1.165) is 33.3 Å². The molecule has 0 fully saturated rings. The van der Waals surface area contributed by atoms with Crippen LogP contribution in [0.4, 0.5) is 0 Å². The van der Waals surface area contributed by atoms with Crippen LogP contribution in [0.15, 0.2) is 55.1 Å². The van der Waals surface area contributed by atoms with Crippen LogP contribution in [0.25, 0.3) is 33.3 Å². The first-order valence-electron chi connectivity index (χ1n) is 8.04. The molecule has 26 heavy (non-hydrogen) atoms. The van der Waals surface area contributed by atoms with E-state index < -0.39 is 0 Å². The van der Waals surface area contributed by atoms with Gasteiger partial charge in [0.25, 0.3) is 5.91 Å². The van der Waals surface area contributed by atoms with Crippen molar-refractivity contribution in [1.82, 2.24) is 25.5 Å². The number of amides is 1. The van der Waals surface area contributed by atoms with Gasteiger partial charge in [-0.2, -0.15) is 5.10 Å². The zero-order valence-electron chi connectivity index (χ0n) is 13.8. The molecule has 4 rings (SSSR count).